The summed E-state index contributed by atoms with van der Waals surface area (Å²) in [6, 6.07) is 13.8. The van der Waals surface area contributed by atoms with Crippen LogP contribution in [0.25, 0.3) is 0 Å². The molecule has 0 aliphatic heterocycles. The molecule has 2 amide bonds. The van der Waals surface area contributed by atoms with Gasteiger partial charge in [0.15, 0.2) is 0 Å². The lowest BCUT2D eigenvalue weighted by Crippen LogP contribution is -2.36. The van der Waals surface area contributed by atoms with Gasteiger partial charge in [-0.1, -0.05) is 48.0 Å². The fourth-order valence-electron chi connectivity index (χ4n) is 2.27. The summed E-state index contributed by atoms with van der Waals surface area (Å²) in [5.74, 6) is -2.31. The normalized spacial score (nSPS) is 11.0. The first-order valence-corrected chi connectivity index (χ1v) is 7.54. The van der Waals surface area contributed by atoms with Crippen LogP contribution < -0.4 is 10.6 Å². The van der Waals surface area contributed by atoms with Crippen LogP contribution in [-0.4, -0.2) is 18.0 Å². The van der Waals surface area contributed by atoms with Gasteiger partial charge in [-0.2, -0.15) is 13.2 Å². The van der Waals surface area contributed by atoms with Crippen molar-refractivity contribution in [2.45, 2.75) is 26.1 Å². The van der Waals surface area contributed by atoms with Crippen molar-refractivity contribution in [3.05, 3.63) is 65.2 Å². The van der Waals surface area contributed by atoms with E-state index in [-0.39, 0.29) is 18.9 Å². The highest BCUT2D eigenvalue weighted by Crippen LogP contribution is 2.18. The van der Waals surface area contributed by atoms with Crippen molar-refractivity contribution in [2.24, 2.45) is 0 Å². The van der Waals surface area contributed by atoms with E-state index in [0.717, 1.165) is 11.1 Å². The molecule has 0 spiro atoms. The third-order valence-electron chi connectivity index (χ3n) is 3.44. The molecule has 2 aromatic carbocycles. The molecule has 0 atom stereocenters. The summed E-state index contributed by atoms with van der Waals surface area (Å²) in [5.41, 5.74) is 2.61. The molecule has 25 heavy (non-hydrogen) atoms. The van der Waals surface area contributed by atoms with E-state index in [1.54, 1.807) is 29.6 Å². The Bertz CT molecular complexity index is 773. The van der Waals surface area contributed by atoms with Crippen LogP contribution >= 0.6 is 0 Å². The van der Waals surface area contributed by atoms with E-state index < -0.39 is 12.1 Å². The highest BCUT2D eigenvalue weighted by molar-refractivity contribution is 5.93. The topological polar surface area (TPSA) is 58.2 Å². The van der Waals surface area contributed by atoms with Crippen molar-refractivity contribution in [2.75, 3.05) is 5.32 Å². The molecule has 2 aromatic rings. The van der Waals surface area contributed by atoms with Crippen LogP contribution in [0, 0.1) is 6.92 Å². The summed E-state index contributed by atoms with van der Waals surface area (Å²) in [5, 5.41) is 4.46. The molecule has 2 rings (SSSR count). The number of hydrogen-bond acceptors (Lipinski definition) is 2. The van der Waals surface area contributed by atoms with Gasteiger partial charge in [0.2, 0.25) is 5.91 Å². The molecular weight excluding hydrogens is 333 g/mol. The number of alkyl halides is 3. The highest BCUT2D eigenvalue weighted by Gasteiger charge is 2.38. The minimum absolute atomic E-state index is 0.144. The number of anilines is 1. The van der Waals surface area contributed by atoms with Crippen LogP contribution in [0.2, 0.25) is 0 Å². The van der Waals surface area contributed by atoms with Crippen LogP contribution in [0.1, 0.15) is 16.7 Å². The van der Waals surface area contributed by atoms with Crippen LogP contribution in [0.3, 0.4) is 0 Å². The molecule has 0 aromatic heterocycles. The van der Waals surface area contributed by atoms with E-state index in [0.29, 0.717) is 11.3 Å². The second-order valence-electron chi connectivity index (χ2n) is 5.55. The summed E-state index contributed by atoms with van der Waals surface area (Å²) in [7, 11) is 0. The van der Waals surface area contributed by atoms with Crippen LogP contribution in [0.4, 0.5) is 18.9 Å². The number of carbonyl (C=O) groups excluding carboxylic acids is 2. The highest BCUT2D eigenvalue weighted by atomic mass is 19.4. The van der Waals surface area contributed by atoms with Gasteiger partial charge in [-0.05, 0) is 24.1 Å². The Morgan fingerprint density at radius 2 is 1.76 bits per heavy atom. The predicted molar refractivity (Wildman–Crippen MR) is 87.9 cm³/mol. The minimum atomic E-state index is -4.94. The van der Waals surface area contributed by atoms with Gasteiger partial charge in [-0.15, -0.1) is 0 Å². The van der Waals surface area contributed by atoms with Crippen LogP contribution in [0.15, 0.2) is 48.5 Å². The molecule has 0 bridgehead atoms. The van der Waals surface area contributed by atoms with Crippen molar-refractivity contribution < 1.29 is 22.8 Å². The number of hydrogen-bond donors (Lipinski definition) is 2. The molecule has 0 fully saturated rings. The zero-order valence-electron chi connectivity index (χ0n) is 13.5. The second-order valence-corrected chi connectivity index (χ2v) is 5.55. The first-order valence-electron chi connectivity index (χ1n) is 7.54. The third-order valence-corrected chi connectivity index (χ3v) is 3.44. The Labute approximate surface area is 143 Å². The zero-order chi connectivity index (χ0) is 18.4. The lowest BCUT2D eigenvalue weighted by Gasteiger charge is -2.13. The zero-order valence-corrected chi connectivity index (χ0v) is 13.5. The van der Waals surface area contributed by atoms with Gasteiger partial charge >= 0.3 is 12.1 Å². The molecule has 0 aliphatic carbocycles. The fourth-order valence-corrected chi connectivity index (χ4v) is 2.27. The number of amides is 2. The standard InChI is InChI=1S/C18H17F3N2O2/c1-12-5-4-6-13(9-12)10-16(24)23-15-8-3-2-7-14(15)11-22-17(25)18(19,20)21/h2-9H,10-11H2,1H3,(H,22,25)(H,23,24). The van der Waals surface area contributed by atoms with Crippen molar-refractivity contribution in [3.8, 4) is 0 Å². The quantitative estimate of drug-likeness (QED) is 0.869. The Morgan fingerprint density at radius 1 is 1.04 bits per heavy atom. The first kappa shape index (κ1) is 18.5. The van der Waals surface area contributed by atoms with Gasteiger partial charge in [-0.25, -0.2) is 0 Å². The van der Waals surface area contributed by atoms with E-state index >= 15 is 0 Å². The largest absolute Gasteiger partial charge is 0.471 e. The van der Waals surface area contributed by atoms with Crippen LogP contribution in [-0.2, 0) is 22.6 Å². The summed E-state index contributed by atoms with van der Waals surface area (Å²) in [6.07, 6.45) is -4.80. The smallest absolute Gasteiger partial charge is 0.344 e. The number of carbonyl (C=O) groups is 2. The summed E-state index contributed by atoms with van der Waals surface area (Å²) < 4.78 is 36.8. The van der Waals surface area contributed by atoms with Crippen molar-refractivity contribution in [3.63, 3.8) is 0 Å². The summed E-state index contributed by atoms with van der Waals surface area (Å²) in [4.78, 5) is 23.1. The average Bonchev–Trinajstić information content (AvgIpc) is 2.52. The summed E-state index contributed by atoms with van der Waals surface area (Å²) >= 11 is 0. The van der Waals surface area contributed by atoms with Gasteiger partial charge in [0.1, 0.15) is 0 Å². The van der Waals surface area contributed by atoms with Gasteiger partial charge in [-0.3, -0.25) is 9.59 Å². The van der Waals surface area contributed by atoms with Crippen LogP contribution in [0.5, 0.6) is 0 Å². The molecule has 0 radical (unpaired) electrons. The van der Waals surface area contributed by atoms with E-state index in [2.05, 4.69) is 5.32 Å². The van der Waals surface area contributed by atoms with Gasteiger partial charge in [0, 0.05) is 12.2 Å². The number of nitrogens with one attached hydrogen (secondary N) is 2. The molecule has 2 N–H and O–H groups in total. The first-order chi connectivity index (χ1) is 11.8. The third kappa shape index (κ3) is 5.63. The van der Waals surface area contributed by atoms with E-state index in [1.807, 2.05) is 31.2 Å². The average molecular weight is 350 g/mol. The van der Waals surface area contributed by atoms with E-state index in [9.17, 15) is 22.8 Å². The number of benzene rings is 2. The molecule has 0 unspecified atom stereocenters. The molecule has 0 saturated heterocycles. The Hall–Kier alpha value is -2.83. The Balaban J connectivity index is 2.02. The predicted octanol–water partition coefficient (Wildman–Crippen LogP) is 3.35. The van der Waals surface area contributed by atoms with Gasteiger partial charge in [0.05, 0.1) is 6.42 Å². The van der Waals surface area contributed by atoms with Gasteiger partial charge in [0.25, 0.3) is 0 Å². The molecule has 0 heterocycles. The van der Waals surface area contributed by atoms with Gasteiger partial charge < -0.3 is 10.6 Å². The lowest BCUT2D eigenvalue weighted by molar-refractivity contribution is -0.173. The maximum atomic E-state index is 12.3. The monoisotopic (exact) mass is 350 g/mol. The molecule has 0 aliphatic rings. The van der Waals surface area contributed by atoms with E-state index in [1.165, 1.54) is 0 Å². The molecule has 132 valence electrons. The number of rotatable bonds is 5. The molecule has 0 saturated carbocycles. The van der Waals surface area contributed by atoms with Crippen molar-refractivity contribution in [1.82, 2.24) is 5.32 Å². The van der Waals surface area contributed by atoms with Crippen molar-refractivity contribution in [1.29, 1.82) is 0 Å². The SMILES string of the molecule is Cc1cccc(CC(=O)Nc2ccccc2CNC(=O)C(F)(F)F)c1. The van der Waals surface area contributed by atoms with Crippen molar-refractivity contribution >= 4 is 17.5 Å². The lowest BCUT2D eigenvalue weighted by atomic mass is 10.1. The van der Waals surface area contributed by atoms with E-state index in [4.69, 9.17) is 0 Å². The Kier molecular flexibility index (Phi) is 5.80. The molecular formula is C18H17F3N2O2. The molecule has 4 nitrogen and oxygen atoms in total. The Morgan fingerprint density at radius 3 is 2.44 bits per heavy atom. The second kappa shape index (κ2) is 7.83. The molecule has 7 heteroatoms. The maximum absolute atomic E-state index is 12.3. The minimum Gasteiger partial charge on any atom is -0.344 e. The number of para-hydroxylation sites is 1. The maximum Gasteiger partial charge on any atom is 0.471 e. The summed E-state index contributed by atoms with van der Waals surface area (Å²) in [6.45, 7) is 1.58. The number of aryl methyl sites for hydroxylation is 1. The number of halogens is 3. The fraction of sp³-hybridized carbons (Fsp3) is 0.222.